The van der Waals surface area contributed by atoms with Crippen molar-refractivity contribution in [3.05, 3.63) is 68.4 Å². The fraction of sp³-hybridized carbons (Fsp3) is 0.200. The van der Waals surface area contributed by atoms with Gasteiger partial charge < -0.3 is 5.11 Å². The molecule has 0 saturated heterocycles. The van der Waals surface area contributed by atoms with Crippen LogP contribution in [0.1, 0.15) is 11.1 Å². The van der Waals surface area contributed by atoms with Crippen molar-refractivity contribution in [1.29, 1.82) is 0 Å². The highest BCUT2D eigenvalue weighted by molar-refractivity contribution is 6.36. The predicted octanol–water partition coefficient (Wildman–Crippen LogP) is 4.93. The molecule has 0 aliphatic carbocycles. The van der Waals surface area contributed by atoms with E-state index in [0.717, 1.165) is 0 Å². The van der Waals surface area contributed by atoms with Gasteiger partial charge in [-0.05, 0) is 35.4 Å². The average molecular weight is 334 g/mol. The second kappa shape index (κ2) is 6.77. The fourth-order valence-corrected chi connectivity index (χ4v) is 2.69. The molecule has 1 atom stereocenters. The van der Waals surface area contributed by atoms with Crippen molar-refractivity contribution in [2.45, 2.75) is 18.9 Å². The normalized spacial score (nSPS) is 12.4. The largest absolute Gasteiger partial charge is 0.392 e. The van der Waals surface area contributed by atoms with Gasteiger partial charge in [0.15, 0.2) is 0 Å². The summed E-state index contributed by atoms with van der Waals surface area (Å²) in [5, 5.41) is 11.4. The zero-order chi connectivity index (χ0) is 14.7. The molecule has 0 spiro atoms. The number of aliphatic hydroxyl groups excluding tert-OH is 1. The third-order valence-corrected chi connectivity index (χ3v) is 3.92. The van der Waals surface area contributed by atoms with E-state index in [9.17, 15) is 9.50 Å². The second-order valence-electron chi connectivity index (χ2n) is 4.50. The van der Waals surface area contributed by atoms with Gasteiger partial charge in [-0.15, -0.1) is 0 Å². The molecule has 2 rings (SSSR count). The van der Waals surface area contributed by atoms with Gasteiger partial charge in [0.2, 0.25) is 0 Å². The first-order valence-electron chi connectivity index (χ1n) is 6.02. The Morgan fingerprint density at radius 3 is 2.25 bits per heavy atom. The summed E-state index contributed by atoms with van der Waals surface area (Å²) in [5.41, 5.74) is 1.07. The number of aliphatic hydroxyl groups is 1. The lowest BCUT2D eigenvalue weighted by Crippen LogP contribution is -2.15. The minimum absolute atomic E-state index is 0.171. The van der Waals surface area contributed by atoms with E-state index in [2.05, 4.69) is 0 Å². The Balaban J connectivity index is 2.11. The SMILES string of the molecule is OC(Cc1ccc(Cl)cc1F)Cc1c(Cl)cccc1Cl. The molecule has 1 unspecified atom stereocenters. The first-order chi connectivity index (χ1) is 9.47. The molecular formula is C15H12Cl3FO. The summed E-state index contributed by atoms with van der Waals surface area (Å²) in [4.78, 5) is 0. The van der Waals surface area contributed by atoms with E-state index in [1.807, 2.05) is 0 Å². The molecule has 0 aliphatic rings. The molecule has 2 aromatic rings. The van der Waals surface area contributed by atoms with E-state index in [-0.39, 0.29) is 12.8 Å². The van der Waals surface area contributed by atoms with Gasteiger partial charge in [-0.3, -0.25) is 0 Å². The van der Waals surface area contributed by atoms with Gasteiger partial charge in [0.1, 0.15) is 5.82 Å². The third kappa shape index (κ3) is 3.86. The number of halogens is 4. The Morgan fingerprint density at radius 1 is 1.00 bits per heavy atom. The van der Waals surface area contributed by atoms with Crippen LogP contribution in [0.3, 0.4) is 0 Å². The fourth-order valence-electron chi connectivity index (χ4n) is 1.98. The molecule has 0 saturated carbocycles. The van der Waals surface area contributed by atoms with Crippen molar-refractivity contribution in [2.24, 2.45) is 0 Å². The maximum absolute atomic E-state index is 13.7. The summed E-state index contributed by atoms with van der Waals surface area (Å²) in [6.45, 7) is 0. The summed E-state index contributed by atoms with van der Waals surface area (Å²) in [7, 11) is 0. The molecule has 0 amide bonds. The van der Waals surface area contributed by atoms with Crippen LogP contribution in [0.4, 0.5) is 4.39 Å². The Kier molecular flexibility index (Phi) is 5.28. The summed E-state index contributed by atoms with van der Waals surface area (Å²) < 4.78 is 13.7. The van der Waals surface area contributed by atoms with E-state index in [1.165, 1.54) is 6.07 Å². The molecule has 20 heavy (non-hydrogen) atoms. The van der Waals surface area contributed by atoms with Crippen LogP contribution in [0.2, 0.25) is 15.1 Å². The molecule has 0 aromatic heterocycles. The maximum Gasteiger partial charge on any atom is 0.127 e. The van der Waals surface area contributed by atoms with Crippen LogP contribution in [0.5, 0.6) is 0 Å². The van der Waals surface area contributed by atoms with Crippen LogP contribution in [-0.4, -0.2) is 11.2 Å². The quantitative estimate of drug-likeness (QED) is 0.841. The van der Waals surface area contributed by atoms with Gasteiger partial charge in [0.05, 0.1) is 6.10 Å². The second-order valence-corrected chi connectivity index (χ2v) is 5.75. The van der Waals surface area contributed by atoms with Crippen molar-refractivity contribution in [3.63, 3.8) is 0 Å². The molecule has 0 bridgehead atoms. The van der Waals surface area contributed by atoms with Crippen LogP contribution < -0.4 is 0 Å². The maximum atomic E-state index is 13.7. The standard InChI is InChI=1S/C15H12Cl3FO/c16-10-5-4-9(15(19)7-10)6-11(20)8-12-13(17)2-1-3-14(12)18/h1-5,7,11,20H,6,8H2. The first-order valence-corrected chi connectivity index (χ1v) is 7.15. The number of hydrogen-bond acceptors (Lipinski definition) is 1. The first kappa shape index (κ1) is 15.6. The van der Waals surface area contributed by atoms with Crippen LogP contribution in [-0.2, 0) is 12.8 Å². The van der Waals surface area contributed by atoms with Crippen molar-refractivity contribution in [1.82, 2.24) is 0 Å². The van der Waals surface area contributed by atoms with Crippen LogP contribution in [0, 0.1) is 5.82 Å². The molecule has 5 heteroatoms. The molecular weight excluding hydrogens is 322 g/mol. The highest BCUT2D eigenvalue weighted by atomic mass is 35.5. The van der Waals surface area contributed by atoms with Crippen molar-refractivity contribution in [2.75, 3.05) is 0 Å². The third-order valence-electron chi connectivity index (χ3n) is 2.97. The zero-order valence-electron chi connectivity index (χ0n) is 10.4. The van der Waals surface area contributed by atoms with Crippen LogP contribution in [0.15, 0.2) is 36.4 Å². The molecule has 1 nitrogen and oxygen atoms in total. The van der Waals surface area contributed by atoms with Gasteiger partial charge in [-0.2, -0.15) is 0 Å². The Labute approximate surface area is 131 Å². The molecule has 106 valence electrons. The zero-order valence-corrected chi connectivity index (χ0v) is 12.7. The lowest BCUT2D eigenvalue weighted by molar-refractivity contribution is 0.174. The van der Waals surface area contributed by atoms with E-state index in [4.69, 9.17) is 34.8 Å². The van der Waals surface area contributed by atoms with Crippen molar-refractivity contribution >= 4 is 34.8 Å². The summed E-state index contributed by atoms with van der Waals surface area (Å²) in [6, 6.07) is 9.53. The van der Waals surface area contributed by atoms with Gasteiger partial charge in [0.25, 0.3) is 0 Å². The van der Waals surface area contributed by atoms with Gasteiger partial charge >= 0.3 is 0 Å². The lowest BCUT2D eigenvalue weighted by Gasteiger charge is -2.13. The minimum Gasteiger partial charge on any atom is -0.392 e. The summed E-state index contributed by atoms with van der Waals surface area (Å²) >= 11 is 17.8. The number of rotatable bonds is 4. The van der Waals surface area contributed by atoms with Crippen LogP contribution in [0.25, 0.3) is 0 Å². The molecule has 1 N–H and O–H groups in total. The van der Waals surface area contributed by atoms with Crippen molar-refractivity contribution < 1.29 is 9.50 Å². The molecule has 0 radical (unpaired) electrons. The van der Waals surface area contributed by atoms with E-state index in [1.54, 1.807) is 30.3 Å². The summed E-state index contributed by atoms with van der Waals surface area (Å²) in [5.74, 6) is -0.429. The average Bonchev–Trinajstić information content (AvgIpc) is 2.37. The Morgan fingerprint density at radius 2 is 1.65 bits per heavy atom. The Hall–Kier alpha value is -0.800. The number of hydrogen-bond donors (Lipinski definition) is 1. The van der Waals surface area contributed by atoms with E-state index >= 15 is 0 Å². The van der Waals surface area contributed by atoms with Crippen LogP contribution >= 0.6 is 34.8 Å². The van der Waals surface area contributed by atoms with Gasteiger partial charge in [-0.1, -0.05) is 46.9 Å². The molecule has 0 heterocycles. The van der Waals surface area contributed by atoms with Crippen molar-refractivity contribution in [3.8, 4) is 0 Å². The predicted molar refractivity (Wildman–Crippen MR) is 81.3 cm³/mol. The lowest BCUT2D eigenvalue weighted by atomic mass is 10.0. The minimum atomic E-state index is -0.775. The van der Waals surface area contributed by atoms with Gasteiger partial charge in [-0.25, -0.2) is 4.39 Å². The van der Waals surface area contributed by atoms with E-state index < -0.39 is 11.9 Å². The smallest absolute Gasteiger partial charge is 0.127 e. The van der Waals surface area contributed by atoms with Gasteiger partial charge in [0, 0.05) is 27.9 Å². The molecule has 0 aliphatic heterocycles. The topological polar surface area (TPSA) is 20.2 Å². The monoisotopic (exact) mass is 332 g/mol. The highest BCUT2D eigenvalue weighted by Crippen LogP contribution is 2.26. The Bertz CT molecular complexity index is 596. The highest BCUT2D eigenvalue weighted by Gasteiger charge is 2.14. The number of benzene rings is 2. The summed E-state index contributed by atoms with van der Waals surface area (Å²) in [6.07, 6.45) is -0.339. The molecule has 2 aromatic carbocycles. The molecule has 0 fully saturated rings. The van der Waals surface area contributed by atoms with E-state index in [0.29, 0.717) is 26.2 Å².